The predicted molar refractivity (Wildman–Crippen MR) is 98.2 cm³/mol. The lowest BCUT2D eigenvalue weighted by Gasteiger charge is -2.26. The molecule has 1 N–H and O–H groups in total. The molecule has 3 atom stereocenters. The van der Waals surface area contributed by atoms with E-state index in [1.54, 1.807) is 17.8 Å². The molecule has 144 valence electrons. The summed E-state index contributed by atoms with van der Waals surface area (Å²) in [6.45, 7) is 6.83. The normalized spacial score (nSPS) is 27.2. The van der Waals surface area contributed by atoms with Gasteiger partial charge in [0.15, 0.2) is 5.82 Å². The maximum Gasteiger partial charge on any atom is 0.270 e. The fourth-order valence-electron chi connectivity index (χ4n) is 4.43. The number of carbonyl (C=O) groups excluding carboxylic acids is 2. The van der Waals surface area contributed by atoms with Gasteiger partial charge in [-0.2, -0.15) is 4.98 Å². The quantitative estimate of drug-likeness (QED) is 0.855. The number of hydrogen-bond donors (Lipinski definition) is 1. The largest absolute Gasteiger partial charge is 0.348 e. The minimum Gasteiger partial charge on any atom is -0.348 e. The summed E-state index contributed by atoms with van der Waals surface area (Å²) in [7, 11) is 0. The van der Waals surface area contributed by atoms with E-state index in [9.17, 15) is 9.59 Å². The van der Waals surface area contributed by atoms with Crippen molar-refractivity contribution in [3.8, 4) is 0 Å². The molecule has 3 unspecified atom stereocenters. The Bertz CT molecular complexity index is 849. The van der Waals surface area contributed by atoms with Crippen LogP contribution in [0.4, 0.5) is 0 Å². The average molecular weight is 389 g/mol. The predicted octanol–water partition coefficient (Wildman–Crippen LogP) is 1.78. The number of thiazole rings is 1. The first kappa shape index (κ1) is 18.1. The minimum atomic E-state index is -0.397. The fourth-order valence-corrected chi connectivity index (χ4v) is 4.96. The zero-order valence-corrected chi connectivity index (χ0v) is 16.5. The summed E-state index contributed by atoms with van der Waals surface area (Å²) in [5, 5.41) is 8.79. The van der Waals surface area contributed by atoms with Crippen LogP contribution in [0.2, 0.25) is 0 Å². The third-order valence-corrected chi connectivity index (χ3v) is 6.22. The van der Waals surface area contributed by atoms with Gasteiger partial charge in [-0.1, -0.05) is 19.0 Å². The number of aryl methyl sites for hydroxylation is 1. The highest BCUT2D eigenvalue weighted by Crippen LogP contribution is 2.50. The molecule has 0 bridgehead atoms. The molecule has 2 amide bonds. The van der Waals surface area contributed by atoms with Crippen LogP contribution >= 0.6 is 11.3 Å². The van der Waals surface area contributed by atoms with Gasteiger partial charge >= 0.3 is 0 Å². The van der Waals surface area contributed by atoms with E-state index in [4.69, 9.17) is 4.52 Å². The molecule has 1 saturated carbocycles. The second-order valence-electron chi connectivity index (χ2n) is 7.86. The molecule has 2 fully saturated rings. The highest BCUT2D eigenvalue weighted by atomic mass is 32.1. The molecule has 1 saturated heterocycles. The zero-order chi connectivity index (χ0) is 19.2. The van der Waals surface area contributed by atoms with Crippen LogP contribution < -0.4 is 5.32 Å². The van der Waals surface area contributed by atoms with Gasteiger partial charge in [0, 0.05) is 30.4 Å². The van der Waals surface area contributed by atoms with Gasteiger partial charge in [-0.25, -0.2) is 4.98 Å². The number of likely N-dealkylation sites (tertiary alicyclic amines) is 1. The lowest BCUT2D eigenvalue weighted by Crippen LogP contribution is -2.40. The van der Waals surface area contributed by atoms with E-state index in [1.165, 1.54) is 11.3 Å². The summed E-state index contributed by atoms with van der Waals surface area (Å²) in [5.41, 5.74) is 1.69. The molecule has 1 aliphatic carbocycles. The fraction of sp³-hybridized carbons (Fsp3) is 0.611. The SMILES string of the molecule is Cc1noc(C23CC(NC(=O)c4cscn4)CC2CN(C(=O)C(C)C)C3)n1. The topological polar surface area (TPSA) is 101 Å². The number of nitrogens with one attached hydrogen (secondary N) is 1. The standard InChI is InChI=1S/C18H23N5O3S/c1-10(2)16(25)23-6-12-4-13(21-15(24)14-7-27-9-19-14)5-18(12,8-23)17-20-11(3)22-26-17/h7,9-10,12-13H,4-6,8H2,1-3H3,(H,21,24). The molecule has 2 aromatic heterocycles. The van der Waals surface area contributed by atoms with Gasteiger partial charge in [0.2, 0.25) is 11.8 Å². The number of rotatable bonds is 4. The monoisotopic (exact) mass is 389 g/mol. The van der Waals surface area contributed by atoms with E-state index in [-0.39, 0.29) is 29.7 Å². The molecule has 27 heavy (non-hydrogen) atoms. The number of fused-ring (bicyclic) bond motifs is 1. The van der Waals surface area contributed by atoms with Gasteiger partial charge in [0.25, 0.3) is 5.91 Å². The van der Waals surface area contributed by atoms with Crippen molar-refractivity contribution in [2.24, 2.45) is 11.8 Å². The maximum atomic E-state index is 12.6. The second kappa shape index (κ2) is 6.70. The number of aromatic nitrogens is 3. The molecule has 0 radical (unpaired) electrons. The van der Waals surface area contributed by atoms with Crippen molar-refractivity contribution >= 4 is 23.2 Å². The van der Waals surface area contributed by atoms with E-state index < -0.39 is 5.41 Å². The van der Waals surface area contributed by atoms with Crippen molar-refractivity contribution in [2.45, 2.75) is 45.1 Å². The third kappa shape index (κ3) is 3.13. The van der Waals surface area contributed by atoms with Crippen molar-refractivity contribution in [3.05, 3.63) is 28.3 Å². The van der Waals surface area contributed by atoms with E-state index >= 15 is 0 Å². The molecule has 4 rings (SSSR count). The van der Waals surface area contributed by atoms with Gasteiger partial charge in [-0.15, -0.1) is 11.3 Å². The Labute approximate surface area is 161 Å². The third-order valence-electron chi connectivity index (χ3n) is 5.63. The van der Waals surface area contributed by atoms with Gasteiger partial charge in [-0.3, -0.25) is 9.59 Å². The number of nitrogens with zero attached hydrogens (tertiary/aromatic N) is 4. The van der Waals surface area contributed by atoms with Crippen LogP contribution in [-0.4, -0.2) is 51.0 Å². The average Bonchev–Trinajstić information content (AvgIpc) is 3.36. The smallest absolute Gasteiger partial charge is 0.270 e. The molecule has 2 aliphatic rings. The molecule has 9 heteroatoms. The van der Waals surface area contributed by atoms with Crippen molar-refractivity contribution in [1.82, 2.24) is 25.3 Å². The van der Waals surface area contributed by atoms with Crippen LogP contribution in [0.25, 0.3) is 0 Å². The Morgan fingerprint density at radius 3 is 2.89 bits per heavy atom. The lowest BCUT2D eigenvalue weighted by atomic mass is 9.80. The molecule has 0 spiro atoms. The highest BCUT2D eigenvalue weighted by Gasteiger charge is 2.58. The zero-order valence-electron chi connectivity index (χ0n) is 15.6. The van der Waals surface area contributed by atoms with Gasteiger partial charge < -0.3 is 14.7 Å². The van der Waals surface area contributed by atoms with Crippen LogP contribution in [0.3, 0.4) is 0 Å². The summed E-state index contributed by atoms with van der Waals surface area (Å²) in [6.07, 6.45) is 1.45. The lowest BCUT2D eigenvalue weighted by molar-refractivity contribution is -0.133. The summed E-state index contributed by atoms with van der Waals surface area (Å²) in [5.74, 6) is 1.28. The Morgan fingerprint density at radius 2 is 2.26 bits per heavy atom. The first-order valence-electron chi connectivity index (χ1n) is 9.17. The Hall–Kier alpha value is -2.29. The van der Waals surface area contributed by atoms with Crippen molar-refractivity contribution < 1.29 is 14.1 Å². The van der Waals surface area contributed by atoms with E-state index in [0.717, 1.165) is 6.42 Å². The van der Waals surface area contributed by atoms with Gasteiger partial charge in [-0.05, 0) is 25.7 Å². The second-order valence-corrected chi connectivity index (χ2v) is 8.58. The summed E-state index contributed by atoms with van der Waals surface area (Å²) in [6, 6.07) is -0.00675. The van der Waals surface area contributed by atoms with Crippen LogP contribution in [0.5, 0.6) is 0 Å². The molecule has 8 nitrogen and oxygen atoms in total. The van der Waals surface area contributed by atoms with Gasteiger partial charge in [0.05, 0.1) is 10.9 Å². The number of hydrogen-bond acceptors (Lipinski definition) is 7. The van der Waals surface area contributed by atoms with Crippen molar-refractivity contribution in [3.63, 3.8) is 0 Å². The first-order chi connectivity index (χ1) is 12.9. The molecular weight excluding hydrogens is 366 g/mol. The first-order valence-corrected chi connectivity index (χ1v) is 10.1. The van der Waals surface area contributed by atoms with Gasteiger partial charge in [0.1, 0.15) is 5.69 Å². The summed E-state index contributed by atoms with van der Waals surface area (Å²) < 4.78 is 5.54. The molecule has 3 heterocycles. The Kier molecular flexibility index (Phi) is 4.49. The van der Waals surface area contributed by atoms with Crippen molar-refractivity contribution in [1.29, 1.82) is 0 Å². The maximum absolute atomic E-state index is 12.6. The van der Waals surface area contributed by atoms with Crippen LogP contribution in [0.15, 0.2) is 15.4 Å². The molecular formula is C18H23N5O3S. The summed E-state index contributed by atoms with van der Waals surface area (Å²) in [4.78, 5) is 35.4. The molecule has 1 aliphatic heterocycles. The summed E-state index contributed by atoms with van der Waals surface area (Å²) >= 11 is 1.40. The minimum absolute atomic E-state index is 0.00675. The van der Waals surface area contributed by atoms with Crippen LogP contribution in [-0.2, 0) is 10.2 Å². The Morgan fingerprint density at radius 1 is 1.44 bits per heavy atom. The molecule has 2 aromatic rings. The van der Waals surface area contributed by atoms with Crippen molar-refractivity contribution in [2.75, 3.05) is 13.1 Å². The number of carbonyl (C=O) groups is 2. The van der Waals surface area contributed by atoms with Crippen LogP contribution in [0, 0.1) is 18.8 Å². The molecule has 0 aromatic carbocycles. The Balaban J connectivity index is 1.57. The van der Waals surface area contributed by atoms with Crippen LogP contribution in [0.1, 0.15) is 48.9 Å². The van der Waals surface area contributed by atoms with E-state index in [0.29, 0.717) is 36.9 Å². The van der Waals surface area contributed by atoms with E-state index in [2.05, 4.69) is 20.4 Å². The highest BCUT2D eigenvalue weighted by molar-refractivity contribution is 7.07. The van der Waals surface area contributed by atoms with E-state index in [1.807, 2.05) is 18.7 Å². The number of amides is 2.